The van der Waals surface area contributed by atoms with Gasteiger partial charge in [0.25, 0.3) is 5.56 Å². The lowest BCUT2D eigenvalue weighted by Crippen LogP contribution is -2.28. The Labute approximate surface area is 701 Å². The van der Waals surface area contributed by atoms with Crippen molar-refractivity contribution in [3.63, 3.8) is 0 Å². The number of hydrogen-bond acceptors (Lipinski definition) is 23. The number of hydrogen-bond donors (Lipinski definition) is 12. The number of benzene rings is 4. The van der Waals surface area contributed by atoms with Gasteiger partial charge in [-0.15, -0.1) is 0 Å². The zero-order chi connectivity index (χ0) is 86.5. The molecule has 37 heteroatoms. The number of aromatic amines is 4. The average Bonchev–Trinajstić information content (AvgIpc) is 1.66. The number of fused-ring (bicyclic) bond motifs is 4. The lowest BCUT2D eigenvalue weighted by molar-refractivity contribution is 0.251. The third kappa shape index (κ3) is 20.8. The van der Waals surface area contributed by atoms with E-state index in [0.29, 0.717) is 130 Å². The second-order valence-electron chi connectivity index (χ2n) is 26.5. The van der Waals surface area contributed by atoms with Gasteiger partial charge in [-0.2, -0.15) is 0 Å². The lowest BCUT2D eigenvalue weighted by Gasteiger charge is -2.09. The summed E-state index contributed by atoms with van der Waals surface area (Å²) in [5.41, 5.74) is 16.8. The molecule has 0 atom stereocenters. The van der Waals surface area contributed by atoms with Gasteiger partial charge in [0, 0.05) is 165 Å². The first-order valence-electron chi connectivity index (χ1n) is 38.8. The highest BCUT2D eigenvalue weighted by molar-refractivity contribution is 6.02. The topological polar surface area (TPSA) is 463 Å². The van der Waals surface area contributed by atoms with E-state index in [0.717, 1.165) is 72.2 Å². The van der Waals surface area contributed by atoms with E-state index in [1.807, 2.05) is 126 Å². The number of halogens is 1. The number of H-pyrrole nitrogens is 4. The molecule has 0 unspecified atom stereocenters. The number of ether oxygens (including phenoxy) is 5. The quantitative estimate of drug-likeness (QED) is 0.0283. The summed E-state index contributed by atoms with van der Waals surface area (Å²) in [5, 5.41) is 21.5. The highest BCUT2D eigenvalue weighted by Gasteiger charge is 2.23. The molecule has 16 rings (SSSR count). The van der Waals surface area contributed by atoms with Gasteiger partial charge in [-0.3, -0.25) is 51.0 Å². The fraction of sp³-hybridized carbons (Fsp3) is 0.186. The Morgan fingerprint density at radius 2 is 0.756 bits per heavy atom. The van der Waals surface area contributed by atoms with Crippen molar-refractivity contribution >= 4 is 92.1 Å². The number of aryl methyl sites for hydroxylation is 1. The molecule has 0 fully saturated rings. The Morgan fingerprint density at radius 3 is 1.12 bits per heavy atom. The van der Waals surface area contributed by atoms with Crippen molar-refractivity contribution in [1.29, 1.82) is 0 Å². The van der Waals surface area contributed by atoms with E-state index < -0.39 is 5.82 Å². The fourth-order valence-corrected chi connectivity index (χ4v) is 12.7. The second kappa shape index (κ2) is 39.7. The van der Waals surface area contributed by atoms with Crippen LogP contribution in [0.15, 0.2) is 194 Å². The molecule has 12 N–H and O–H groups in total. The van der Waals surface area contributed by atoms with Gasteiger partial charge in [-0.25, -0.2) is 63.4 Å². The zero-order valence-corrected chi connectivity index (χ0v) is 68.4. The highest BCUT2D eigenvalue weighted by atomic mass is 19.1. The summed E-state index contributed by atoms with van der Waals surface area (Å²) in [6.45, 7) is 14.3. The van der Waals surface area contributed by atoms with E-state index in [1.165, 1.54) is 37.1 Å². The molecule has 12 heterocycles. The second-order valence-corrected chi connectivity index (χ2v) is 26.5. The van der Waals surface area contributed by atoms with Gasteiger partial charge in [0.15, 0.2) is 0 Å². The van der Waals surface area contributed by atoms with Crippen LogP contribution >= 0.6 is 0 Å². The molecule has 0 bridgehead atoms. The molecule has 16 aromatic rings. The molecular weight excluding hydrogens is 1580 g/mol. The van der Waals surface area contributed by atoms with Crippen LogP contribution < -0.4 is 71.8 Å². The number of carbonyl (C=O) groups excluding carboxylic acids is 4. The third-order valence-electron chi connectivity index (χ3n) is 18.2. The van der Waals surface area contributed by atoms with Gasteiger partial charge in [-0.1, -0.05) is 6.07 Å². The molecule has 0 saturated heterocycles. The lowest BCUT2D eigenvalue weighted by atomic mass is 10.0. The van der Waals surface area contributed by atoms with Crippen LogP contribution in [-0.4, -0.2) is 174 Å². The molecule has 0 radical (unpaired) electrons. The number of aromatic nitrogens is 18. The minimum atomic E-state index is -0.451. The highest BCUT2D eigenvalue weighted by Crippen LogP contribution is 2.39. The summed E-state index contributed by atoms with van der Waals surface area (Å²) < 4.78 is 42.7. The van der Waals surface area contributed by atoms with E-state index in [9.17, 15) is 28.4 Å². The molecule has 4 aromatic carbocycles. The van der Waals surface area contributed by atoms with E-state index in [2.05, 4.69) is 127 Å². The summed E-state index contributed by atoms with van der Waals surface area (Å²) in [6.07, 6.45) is 18.4. The van der Waals surface area contributed by atoms with Crippen molar-refractivity contribution in [3.05, 3.63) is 206 Å². The first kappa shape index (κ1) is 84.5. The van der Waals surface area contributed by atoms with Crippen LogP contribution in [0.3, 0.4) is 0 Å². The van der Waals surface area contributed by atoms with Crippen molar-refractivity contribution in [3.8, 4) is 119 Å². The van der Waals surface area contributed by atoms with Crippen molar-refractivity contribution in [1.82, 2.24) is 111 Å². The Balaban J connectivity index is 0.000000141. The summed E-state index contributed by atoms with van der Waals surface area (Å²) in [7, 11) is 6.34. The van der Waals surface area contributed by atoms with Crippen LogP contribution in [0.1, 0.15) is 41.5 Å². The molecule has 36 nitrogen and oxygen atoms in total. The number of rotatable bonds is 23. The van der Waals surface area contributed by atoms with E-state index >= 15 is 0 Å². The summed E-state index contributed by atoms with van der Waals surface area (Å²) in [6, 6.07) is 35.4. The number of nitrogens with zero attached hydrogens (tertiary/aromatic N) is 14. The van der Waals surface area contributed by atoms with Crippen LogP contribution in [0.4, 0.5) is 47.4 Å². The maximum Gasteiger partial charge on any atom is 0.321 e. The minimum absolute atomic E-state index is 0.108. The predicted molar refractivity (Wildman–Crippen MR) is 466 cm³/mol. The van der Waals surface area contributed by atoms with Crippen molar-refractivity contribution < 1.29 is 47.3 Å². The van der Waals surface area contributed by atoms with E-state index in [4.69, 9.17) is 23.7 Å². The van der Waals surface area contributed by atoms with Gasteiger partial charge in [0.2, 0.25) is 23.8 Å². The smallest absolute Gasteiger partial charge is 0.321 e. The van der Waals surface area contributed by atoms with Crippen molar-refractivity contribution in [2.75, 3.05) is 82.0 Å². The van der Waals surface area contributed by atoms with Gasteiger partial charge >= 0.3 is 36.1 Å². The monoisotopic (exact) mass is 1660 g/mol. The summed E-state index contributed by atoms with van der Waals surface area (Å²) >= 11 is 0. The first-order chi connectivity index (χ1) is 59.8. The summed E-state index contributed by atoms with van der Waals surface area (Å²) in [4.78, 5) is 129. The Hall–Kier alpha value is -16.4. The molecule has 12 aromatic heterocycles. The standard InChI is InChI=1S/C23H24N6O3.C22H23N7O3.C21H21N7O3.C20H17FN6O/c1-4-24-23(31)28-22-26-19-11-15(14-7-9-29(3)20(30)12-14)10-17(21(19)27-22)18-13-16(32-5-2)6-8-25-18;1-4-23-21(30)29-20-27-18-9-13(14-11-25-22(31-3)26-12-14)8-16(19(18)28-20)17-10-15(32-5-2)6-7-24-17;1-4-22-20(29)28-19-26-17-8-12(13-10-24-21(31-3)25-11-13)7-15(18(17)27-19)16-9-14(30-2)5-6-23-16;1-2-23-20(28)27-19-25-16-10-13(12-5-3-7-22-11-12)9-14(18(16)26-19)17-15(21)6-4-8-24-17/h6-13H,4-5H2,1-3H3,(H3,24,26,27,28,31);6-12H,4-5H2,1-3H3,(H3,23,27,28,29,30);5-11H,4H2,1-3H3,(H3,22,26,27,28,29);3-11H,2H2,1H3,(H3,23,25,26,27,28). The van der Waals surface area contributed by atoms with Crippen molar-refractivity contribution in [2.24, 2.45) is 7.05 Å². The first-order valence-corrected chi connectivity index (χ1v) is 38.8. The maximum absolute atomic E-state index is 14.5. The van der Waals surface area contributed by atoms with Crippen LogP contribution in [0.5, 0.6) is 29.3 Å². The number of pyridine rings is 6. The molecule has 0 aliphatic heterocycles. The van der Waals surface area contributed by atoms with E-state index in [1.54, 1.807) is 100 Å². The van der Waals surface area contributed by atoms with Crippen LogP contribution in [0.25, 0.3) is 134 Å². The number of nitrogens with one attached hydrogen (secondary N) is 12. The molecule has 0 aliphatic carbocycles. The fourth-order valence-electron chi connectivity index (χ4n) is 12.7. The Bertz CT molecular complexity index is 6500. The predicted octanol–water partition coefficient (Wildman–Crippen LogP) is 14.4. The largest absolute Gasteiger partial charge is 0.497 e. The van der Waals surface area contributed by atoms with Gasteiger partial charge in [0.05, 0.1) is 90.2 Å². The molecule has 626 valence electrons. The molecule has 0 saturated carbocycles. The SMILES string of the molecule is CCNC(=O)Nc1nc2c(-c3cc(OC)ccn3)cc(-c3cnc(OC)nc3)cc2[nH]1.CCNC(=O)Nc1nc2c(-c3cc(OCC)ccn3)cc(-c3ccn(C)c(=O)c3)cc2[nH]1.CCNC(=O)Nc1nc2c(-c3cc(OCC)ccn3)cc(-c3cnc(OC)nc3)cc2[nH]1.CCNC(=O)Nc1nc2c(-c3ncccc3F)cc(-c3cccnc3)cc2[nH]1. The van der Waals surface area contributed by atoms with Crippen LogP contribution in [0, 0.1) is 5.82 Å². The van der Waals surface area contributed by atoms with Crippen LogP contribution in [0.2, 0.25) is 0 Å². The number of methoxy groups -OCH3 is 3. The number of anilines is 4. The Kier molecular flexibility index (Phi) is 27.3. The normalized spacial score (nSPS) is 10.8. The molecule has 8 amide bonds. The minimum Gasteiger partial charge on any atom is -0.497 e. The molecule has 123 heavy (non-hydrogen) atoms. The summed E-state index contributed by atoms with van der Waals surface area (Å²) in [5.74, 6) is 2.86. The van der Waals surface area contributed by atoms with Crippen molar-refractivity contribution in [2.45, 2.75) is 41.5 Å². The number of urea groups is 4. The zero-order valence-electron chi connectivity index (χ0n) is 68.4. The number of carbonyl (C=O) groups is 4. The van der Waals surface area contributed by atoms with Gasteiger partial charge in [0.1, 0.15) is 34.3 Å². The average molecular weight is 1660 g/mol. The molecular formula is C86H85FN26O10. The maximum atomic E-state index is 14.5. The Morgan fingerprint density at radius 1 is 0.382 bits per heavy atom. The van der Waals surface area contributed by atoms with Gasteiger partial charge in [-0.05, 0) is 160 Å². The number of amides is 8. The molecule has 0 aliphatic rings. The third-order valence-corrected chi connectivity index (χ3v) is 18.2. The van der Waals surface area contributed by atoms with Crippen LogP contribution in [-0.2, 0) is 7.05 Å². The van der Waals surface area contributed by atoms with Gasteiger partial charge < -0.3 is 69.5 Å². The molecule has 0 spiro atoms. The number of imidazole rings is 4. The van der Waals surface area contributed by atoms with E-state index in [-0.39, 0.29) is 53.3 Å².